The van der Waals surface area contributed by atoms with Crippen molar-refractivity contribution >= 4 is 17.6 Å². The molecule has 3 nitrogen and oxygen atoms in total. The van der Waals surface area contributed by atoms with Crippen LogP contribution >= 0.6 is 0 Å². The molecule has 2 aromatic carbocycles. The van der Waals surface area contributed by atoms with Crippen LogP contribution in [0.15, 0.2) is 54.6 Å². The molecule has 0 saturated carbocycles. The first kappa shape index (κ1) is 17.8. The zero-order valence-corrected chi connectivity index (χ0v) is 14.7. The third-order valence-corrected chi connectivity index (χ3v) is 3.57. The molecule has 0 aliphatic rings. The lowest BCUT2D eigenvalue weighted by Gasteiger charge is -2.18. The van der Waals surface area contributed by atoms with Crippen LogP contribution in [-0.2, 0) is 9.53 Å². The van der Waals surface area contributed by atoms with Crippen LogP contribution in [0, 0.1) is 5.41 Å². The molecule has 24 heavy (non-hydrogen) atoms. The van der Waals surface area contributed by atoms with Gasteiger partial charge in [-0.25, -0.2) is 0 Å². The minimum absolute atomic E-state index is 0.213. The predicted molar refractivity (Wildman–Crippen MR) is 97.7 cm³/mol. The van der Waals surface area contributed by atoms with Gasteiger partial charge in [-0.2, -0.15) is 0 Å². The monoisotopic (exact) mass is 324 g/mol. The van der Waals surface area contributed by atoms with Crippen LogP contribution in [-0.4, -0.2) is 19.7 Å². The van der Waals surface area contributed by atoms with E-state index in [1.807, 2.05) is 81.4 Å². The first-order valence-electron chi connectivity index (χ1n) is 7.97. The molecule has 0 bridgehead atoms. The zero-order chi connectivity index (χ0) is 17.6. The van der Waals surface area contributed by atoms with Crippen LogP contribution in [0.1, 0.15) is 31.9 Å². The molecule has 0 N–H and O–H groups in total. The Hall–Kier alpha value is -2.55. The second-order valence-corrected chi connectivity index (χ2v) is 6.63. The topological polar surface area (TPSA) is 35.5 Å². The predicted octanol–water partition coefficient (Wildman–Crippen LogP) is 4.83. The Bertz CT molecular complexity index is 692. The Morgan fingerprint density at radius 2 is 1.62 bits per heavy atom. The average Bonchev–Trinajstić information content (AvgIpc) is 2.58. The minimum Gasteiger partial charge on any atom is -0.497 e. The van der Waals surface area contributed by atoms with Crippen molar-refractivity contribution in [2.75, 3.05) is 13.7 Å². The highest BCUT2D eigenvalue weighted by Gasteiger charge is 2.23. The molecule has 0 aliphatic heterocycles. The number of rotatable bonds is 5. The molecule has 0 fully saturated rings. The Morgan fingerprint density at radius 1 is 1.00 bits per heavy atom. The smallest absolute Gasteiger partial charge is 0.311 e. The van der Waals surface area contributed by atoms with Gasteiger partial charge in [0.25, 0.3) is 0 Å². The number of carbonyl (C=O) groups is 1. The molecule has 0 aliphatic carbocycles. The molecule has 2 aromatic rings. The molecule has 0 heterocycles. The number of carbonyl (C=O) groups excluding carboxylic acids is 1. The lowest BCUT2D eigenvalue weighted by molar-refractivity contribution is -0.151. The minimum atomic E-state index is -0.516. The van der Waals surface area contributed by atoms with Crippen molar-refractivity contribution in [2.45, 2.75) is 20.8 Å². The van der Waals surface area contributed by atoms with Crippen molar-refractivity contribution in [3.63, 3.8) is 0 Å². The van der Waals surface area contributed by atoms with Gasteiger partial charge in [-0.3, -0.25) is 4.79 Å². The molecule has 0 unspecified atom stereocenters. The average molecular weight is 324 g/mol. The number of hydrogen-bond donors (Lipinski definition) is 0. The number of benzene rings is 2. The van der Waals surface area contributed by atoms with Gasteiger partial charge < -0.3 is 9.47 Å². The van der Waals surface area contributed by atoms with Crippen molar-refractivity contribution in [1.82, 2.24) is 0 Å². The Kier molecular flexibility index (Phi) is 5.80. The highest BCUT2D eigenvalue weighted by molar-refractivity contribution is 5.84. The summed E-state index contributed by atoms with van der Waals surface area (Å²) in [5, 5.41) is 0. The van der Waals surface area contributed by atoms with Gasteiger partial charge in [0.2, 0.25) is 0 Å². The van der Waals surface area contributed by atoms with E-state index in [0.29, 0.717) is 0 Å². The standard InChI is InChI=1S/C21H24O3/c1-21(2,3)20(22)24-15-18(14-16-8-6-5-7-9-16)17-10-12-19(23-4)13-11-17/h5-14H,15H2,1-4H3/b18-14+. The third kappa shape index (κ3) is 4.98. The zero-order valence-electron chi connectivity index (χ0n) is 14.7. The van der Waals surface area contributed by atoms with Crippen LogP contribution < -0.4 is 4.74 Å². The molecule has 3 heteroatoms. The molecule has 2 rings (SSSR count). The van der Waals surface area contributed by atoms with Crippen LogP contribution in [0.5, 0.6) is 5.75 Å². The van der Waals surface area contributed by atoms with Crippen molar-refractivity contribution in [3.05, 3.63) is 65.7 Å². The van der Waals surface area contributed by atoms with Gasteiger partial charge >= 0.3 is 5.97 Å². The van der Waals surface area contributed by atoms with E-state index in [1.165, 1.54) is 0 Å². The Balaban J connectivity index is 2.27. The largest absolute Gasteiger partial charge is 0.497 e. The maximum atomic E-state index is 12.1. The lowest BCUT2D eigenvalue weighted by Crippen LogP contribution is -2.23. The fourth-order valence-electron chi connectivity index (χ4n) is 2.12. The van der Waals surface area contributed by atoms with Crippen molar-refractivity contribution < 1.29 is 14.3 Å². The van der Waals surface area contributed by atoms with Gasteiger partial charge in [0, 0.05) is 0 Å². The normalized spacial score (nSPS) is 11.9. The first-order chi connectivity index (χ1) is 11.4. The summed E-state index contributed by atoms with van der Waals surface area (Å²) in [5.41, 5.74) is 2.50. The van der Waals surface area contributed by atoms with Gasteiger partial charge in [0.1, 0.15) is 12.4 Å². The molecule has 0 aromatic heterocycles. The van der Waals surface area contributed by atoms with E-state index in [9.17, 15) is 4.79 Å². The maximum Gasteiger partial charge on any atom is 0.311 e. The van der Waals surface area contributed by atoms with Gasteiger partial charge in [-0.15, -0.1) is 0 Å². The molecular formula is C21H24O3. The Labute approximate surface area is 143 Å². The third-order valence-electron chi connectivity index (χ3n) is 3.57. The molecule has 126 valence electrons. The maximum absolute atomic E-state index is 12.1. The van der Waals surface area contributed by atoms with E-state index >= 15 is 0 Å². The highest BCUT2D eigenvalue weighted by atomic mass is 16.5. The van der Waals surface area contributed by atoms with E-state index < -0.39 is 5.41 Å². The van der Waals surface area contributed by atoms with Crippen molar-refractivity contribution in [1.29, 1.82) is 0 Å². The van der Waals surface area contributed by atoms with Crippen molar-refractivity contribution in [2.24, 2.45) is 5.41 Å². The molecular weight excluding hydrogens is 300 g/mol. The number of ether oxygens (including phenoxy) is 2. The molecule has 0 amide bonds. The van der Waals surface area contributed by atoms with Gasteiger partial charge in [0.15, 0.2) is 0 Å². The van der Waals surface area contributed by atoms with E-state index in [1.54, 1.807) is 7.11 Å². The van der Waals surface area contributed by atoms with E-state index in [2.05, 4.69) is 0 Å². The van der Waals surface area contributed by atoms with Crippen LogP contribution in [0.2, 0.25) is 0 Å². The summed E-state index contributed by atoms with van der Waals surface area (Å²) in [7, 11) is 1.64. The highest BCUT2D eigenvalue weighted by Crippen LogP contribution is 2.23. The van der Waals surface area contributed by atoms with Crippen LogP contribution in [0.3, 0.4) is 0 Å². The summed E-state index contributed by atoms with van der Waals surface area (Å²) >= 11 is 0. The summed E-state index contributed by atoms with van der Waals surface area (Å²) in [6.07, 6.45) is 2.04. The van der Waals surface area contributed by atoms with Crippen LogP contribution in [0.25, 0.3) is 11.6 Å². The van der Waals surface area contributed by atoms with Crippen molar-refractivity contribution in [3.8, 4) is 5.75 Å². The lowest BCUT2D eigenvalue weighted by atomic mass is 9.97. The summed E-state index contributed by atoms with van der Waals surface area (Å²) in [5.74, 6) is 0.583. The van der Waals surface area contributed by atoms with Gasteiger partial charge in [0.05, 0.1) is 12.5 Å². The molecule has 0 spiro atoms. The Morgan fingerprint density at radius 3 is 2.17 bits per heavy atom. The second kappa shape index (κ2) is 7.82. The number of esters is 1. The second-order valence-electron chi connectivity index (χ2n) is 6.63. The number of hydrogen-bond acceptors (Lipinski definition) is 3. The van der Waals surface area contributed by atoms with Gasteiger partial charge in [-0.1, -0.05) is 42.5 Å². The molecule has 0 saturated heterocycles. The van der Waals surface area contributed by atoms with Gasteiger partial charge in [-0.05, 0) is 55.7 Å². The molecule has 0 radical (unpaired) electrons. The summed E-state index contributed by atoms with van der Waals surface area (Å²) in [4.78, 5) is 12.1. The first-order valence-corrected chi connectivity index (χ1v) is 7.97. The SMILES string of the molecule is COc1ccc(/C(=C/c2ccccc2)COC(=O)C(C)(C)C)cc1. The molecule has 0 atom stereocenters. The summed E-state index contributed by atoms with van der Waals surface area (Å²) in [6, 6.07) is 17.7. The van der Waals surface area contributed by atoms with E-state index in [0.717, 1.165) is 22.4 Å². The number of methoxy groups -OCH3 is 1. The fraction of sp³-hybridized carbons (Fsp3) is 0.286. The van der Waals surface area contributed by atoms with Crippen LogP contribution in [0.4, 0.5) is 0 Å². The summed E-state index contributed by atoms with van der Waals surface area (Å²) in [6.45, 7) is 5.78. The van der Waals surface area contributed by atoms with E-state index in [4.69, 9.17) is 9.47 Å². The quantitative estimate of drug-likeness (QED) is 0.584. The fourth-order valence-corrected chi connectivity index (χ4v) is 2.12. The summed E-state index contributed by atoms with van der Waals surface area (Å²) < 4.78 is 10.7. The van der Waals surface area contributed by atoms with E-state index in [-0.39, 0.29) is 12.6 Å².